The van der Waals surface area contributed by atoms with Gasteiger partial charge in [-0.2, -0.15) is 0 Å². The molecular weight excluding hydrogens is 436 g/mol. The van der Waals surface area contributed by atoms with Crippen LogP contribution in [0.1, 0.15) is 41.8 Å². The molecule has 0 aliphatic carbocycles. The first kappa shape index (κ1) is 21.7. The van der Waals surface area contributed by atoms with Crippen LogP contribution in [0.25, 0.3) is 11.0 Å². The van der Waals surface area contributed by atoms with Gasteiger partial charge in [0, 0.05) is 7.05 Å². The lowest BCUT2D eigenvalue weighted by molar-refractivity contribution is 0.0945. The van der Waals surface area contributed by atoms with E-state index in [2.05, 4.69) is 49.6 Å². The number of hydrogen-bond donors (Lipinski definition) is 3. The lowest BCUT2D eigenvalue weighted by atomic mass is 9.95. The molecule has 0 radical (unpaired) electrons. The minimum absolute atomic E-state index is 0.0444. The fourth-order valence-electron chi connectivity index (χ4n) is 3.93. The van der Waals surface area contributed by atoms with E-state index in [0.717, 1.165) is 22.4 Å². The second-order valence-corrected chi connectivity index (χ2v) is 8.48. The Kier molecular flexibility index (Phi) is 5.74. The number of nitrogens with zero attached hydrogens (tertiary/aromatic N) is 5. The van der Waals surface area contributed by atoms with Gasteiger partial charge in [-0.1, -0.05) is 19.9 Å². The number of H-pyrrole nitrogens is 1. The topological polar surface area (TPSA) is 132 Å². The Morgan fingerprint density at radius 2 is 2.00 bits per heavy atom. The van der Waals surface area contributed by atoms with Crippen molar-refractivity contribution in [1.82, 2.24) is 35.0 Å². The van der Waals surface area contributed by atoms with Crippen LogP contribution < -0.4 is 20.1 Å². The van der Waals surface area contributed by atoms with Gasteiger partial charge in [-0.25, -0.2) is 9.97 Å². The van der Waals surface area contributed by atoms with Crippen LogP contribution in [-0.4, -0.2) is 48.8 Å². The lowest BCUT2D eigenvalue weighted by Crippen LogP contribution is -2.24. The molecule has 34 heavy (non-hydrogen) atoms. The Balaban J connectivity index is 1.39. The zero-order chi connectivity index (χ0) is 23.7. The van der Waals surface area contributed by atoms with Crippen molar-refractivity contribution in [1.29, 1.82) is 0 Å². The molecule has 3 aromatic heterocycles. The fourth-order valence-corrected chi connectivity index (χ4v) is 3.93. The van der Waals surface area contributed by atoms with Crippen LogP contribution in [0.2, 0.25) is 0 Å². The van der Waals surface area contributed by atoms with Crippen LogP contribution in [0.5, 0.6) is 11.5 Å². The normalized spacial score (nSPS) is 13.8. The minimum atomic E-state index is -0.265. The molecule has 4 aromatic rings. The van der Waals surface area contributed by atoms with Crippen molar-refractivity contribution in [3.63, 3.8) is 0 Å². The number of aryl methyl sites for hydroxylation is 1. The molecule has 1 aliphatic heterocycles. The molecule has 0 saturated carbocycles. The Hall–Kier alpha value is -4.15. The van der Waals surface area contributed by atoms with E-state index in [0.29, 0.717) is 36.2 Å². The summed E-state index contributed by atoms with van der Waals surface area (Å²) in [6.07, 6.45) is 3.06. The molecule has 0 bridgehead atoms. The summed E-state index contributed by atoms with van der Waals surface area (Å²) in [6, 6.07) is 7.69. The van der Waals surface area contributed by atoms with Gasteiger partial charge in [0.25, 0.3) is 5.91 Å². The average molecular weight is 463 g/mol. The van der Waals surface area contributed by atoms with Crippen LogP contribution in [0, 0.1) is 5.92 Å². The second kappa shape index (κ2) is 9.00. The molecule has 4 heterocycles. The van der Waals surface area contributed by atoms with Gasteiger partial charge in [-0.05, 0) is 29.7 Å². The van der Waals surface area contributed by atoms with Crippen molar-refractivity contribution < 1.29 is 14.3 Å². The molecule has 1 amide bonds. The monoisotopic (exact) mass is 462 g/mol. The van der Waals surface area contributed by atoms with Gasteiger partial charge >= 0.3 is 0 Å². The first-order valence-electron chi connectivity index (χ1n) is 11.1. The van der Waals surface area contributed by atoms with E-state index in [4.69, 9.17) is 9.47 Å². The van der Waals surface area contributed by atoms with Crippen LogP contribution in [-0.2, 0) is 13.6 Å². The van der Waals surface area contributed by atoms with E-state index in [1.54, 1.807) is 17.0 Å². The first-order valence-corrected chi connectivity index (χ1v) is 11.1. The summed E-state index contributed by atoms with van der Waals surface area (Å²) in [4.78, 5) is 24.6. The summed E-state index contributed by atoms with van der Waals surface area (Å²) in [5.74, 6) is 2.78. The third-order valence-corrected chi connectivity index (χ3v) is 5.77. The Bertz CT molecular complexity index is 1330. The zero-order valence-electron chi connectivity index (χ0n) is 19.2. The van der Waals surface area contributed by atoms with Crippen molar-refractivity contribution in [2.45, 2.75) is 26.4 Å². The summed E-state index contributed by atoms with van der Waals surface area (Å²) in [6.45, 7) is 5.62. The quantitative estimate of drug-likeness (QED) is 0.382. The molecule has 1 aliphatic rings. The van der Waals surface area contributed by atoms with Crippen molar-refractivity contribution in [3.8, 4) is 11.5 Å². The van der Waals surface area contributed by atoms with Gasteiger partial charge in [0.05, 0.1) is 18.0 Å². The van der Waals surface area contributed by atoms with Crippen LogP contribution >= 0.6 is 0 Å². The van der Waals surface area contributed by atoms with Gasteiger partial charge in [-0.3, -0.25) is 4.79 Å². The predicted octanol–water partition coefficient (Wildman–Crippen LogP) is 2.60. The fraction of sp³-hybridized carbons (Fsp3) is 0.348. The largest absolute Gasteiger partial charge is 0.486 e. The molecule has 0 unspecified atom stereocenters. The summed E-state index contributed by atoms with van der Waals surface area (Å²) >= 11 is 0. The summed E-state index contributed by atoms with van der Waals surface area (Å²) in [7, 11) is 1.82. The maximum absolute atomic E-state index is 12.7. The molecule has 0 saturated heterocycles. The van der Waals surface area contributed by atoms with Gasteiger partial charge in [0.1, 0.15) is 43.0 Å². The second-order valence-electron chi connectivity index (χ2n) is 8.48. The molecule has 11 heteroatoms. The third-order valence-electron chi connectivity index (χ3n) is 5.77. The molecule has 5 rings (SSSR count). The predicted molar refractivity (Wildman–Crippen MR) is 125 cm³/mol. The van der Waals surface area contributed by atoms with Gasteiger partial charge < -0.3 is 29.7 Å². The first-order chi connectivity index (χ1) is 16.5. The highest BCUT2D eigenvalue weighted by molar-refractivity contribution is 5.99. The highest BCUT2D eigenvalue weighted by Crippen LogP contribution is 2.36. The van der Waals surface area contributed by atoms with E-state index in [9.17, 15) is 4.79 Å². The number of carbonyl (C=O) groups excluding carboxylic acids is 1. The van der Waals surface area contributed by atoms with Gasteiger partial charge in [0.2, 0.25) is 0 Å². The zero-order valence-corrected chi connectivity index (χ0v) is 19.2. The molecular formula is C23H26N8O3. The number of rotatable bonds is 7. The Morgan fingerprint density at radius 3 is 2.76 bits per heavy atom. The summed E-state index contributed by atoms with van der Waals surface area (Å²) < 4.78 is 13.2. The van der Waals surface area contributed by atoms with Crippen molar-refractivity contribution >= 4 is 22.8 Å². The molecule has 1 aromatic carbocycles. The highest BCUT2D eigenvalue weighted by Gasteiger charge is 2.22. The number of carbonyl (C=O) groups is 1. The van der Waals surface area contributed by atoms with Crippen LogP contribution in [0.15, 0.2) is 36.9 Å². The number of fused-ring (bicyclic) bond motifs is 2. The van der Waals surface area contributed by atoms with Crippen LogP contribution in [0.3, 0.4) is 0 Å². The van der Waals surface area contributed by atoms with E-state index in [1.165, 1.54) is 6.33 Å². The van der Waals surface area contributed by atoms with Crippen LogP contribution in [0.4, 0.5) is 5.82 Å². The number of ether oxygens (including phenoxy) is 2. The lowest BCUT2D eigenvalue weighted by Gasteiger charge is -2.26. The number of benzene rings is 1. The number of nitrogens with one attached hydrogen (secondary N) is 3. The van der Waals surface area contributed by atoms with E-state index in [-0.39, 0.29) is 24.4 Å². The van der Waals surface area contributed by atoms with Crippen molar-refractivity contribution in [3.05, 3.63) is 54.0 Å². The number of aromatic nitrogens is 6. The Morgan fingerprint density at radius 1 is 1.18 bits per heavy atom. The highest BCUT2D eigenvalue weighted by atomic mass is 16.6. The van der Waals surface area contributed by atoms with Crippen molar-refractivity contribution in [2.24, 2.45) is 13.0 Å². The smallest absolute Gasteiger partial charge is 0.268 e. The number of anilines is 1. The Labute approximate surface area is 195 Å². The van der Waals surface area contributed by atoms with E-state index >= 15 is 0 Å². The standard InChI is InChI=1S/C23H26N8O3/c1-13(2)20(14-4-5-17-18(8-14)34-7-6-33-17)29-22-15-9-16(28-21(15)25-11-26-22)23(32)24-10-19-30-27-12-31(19)3/h4-5,8-9,11-13,20H,6-7,10H2,1-3H3,(H,24,32)(H2,25,26,28,29)/t20-/m1/s1. The SMILES string of the molecule is CC(C)[C@@H](Nc1ncnc2[nH]c(C(=O)NCc3nncn3C)cc12)c1ccc2c(c1)OCCO2. The number of hydrogen-bond acceptors (Lipinski definition) is 8. The van der Waals surface area contributed by atoms with Gasteiger partial charge in [0.15, 0.2) is 17.3 Å². The molecule has 3 N–H and O–H groups in total. The maximum Gasteiger partial charge on any atom is 0.268 e. The molecule has 1 atom stereocenters. The maximum atomic E-state index is 12.7. The molecule has 11 nitrogen and oxygen atoms in total. The minimum Gasteiger partial charge on any atom is -0.486 e. The van der Waals surface area contributed by atoms with Gasteiger partial charge in [-0.15, -0.1) is 10.2 Å². The number of amides is 1. The molecule has 0 fully saturated rings. The average Bonchev–Trinajstić information content (AvgIpc) is 3.47. The number of aromatic amines is 1. The van der Waals surface area contributed by atoms with E-state index < -0.39 is 0 Å². The van der Waals surface area contributed by atoms with E-state index in [1.807, 2.05) is 25.2 Å². The third kappa shape index (κ3) is 4.24. The molecule has 176 valence electrons. The molecule has 0 spiro atoms. The van der Waals surface area contributed by atoms with Crippen molar-refractivity contribution in [2.75, 3.05) is 18.5 Å². The summed E-state index contributed by atoms with van der Waals surface area (Å²) in [5.41, 5.74) is 2.02. The summed E-state index contributed by atoms with van der Waals surface area (Å²) in [5, 5.41) is 14.9.